The van der Waals surface area contributed by atoms with Crippen LogP contribution >= 0.6 is 0 Å². The first-order valence-electron chi connectivity index (χ1n) is 12.0. The molecule has 3 aliphatic rings. The van der Waals surface area contributed by atoms with E-state index in [1.54, 1.807) is 5.19 Å². The Balaban J connectivity index is 1.32. The quantitative estimate of drug-likeness (QED) is 0.521. The van der Waals surface area contributed by atoms with E-state index in [1.807, 2.05) is 6.08 Å². The number of hydrogen-bond acceptors (Lipinski definition) is 1. The van der Waals surface area contributed by atoms with Crippen LogP contribution in [0.1, 0.15) is 64.7 Å². The van der Waals surface area contributed by atoms with E-state index in [0.717, 1.165) is 30.6 Å². The Morgan fingerprint density at radius 2 is 1.50 bits per heavy atom. The third-order valence-corrected chi connectivity index (χ3v) is 14.0. The highest BCUT2D eigenvalue weighted by Gasteiger charge is 2.41. The average Bonchev–Trinajstić information content (AvgIpc) is 2.76. The normalized spacial score (nSPS) is 36.4. The topological polar surface area (TPSA) is 17.1 Å². The predicted molar refractivity (Wildman–Crippen MR) is 122 cm³/mol. The summed E-state index contributed by atoms with van der Waals surface area (Å²) in [5.74, 6) is 3.85. The van der Waals surface area contributed by atoms with Crippen LogP contribution in [0, 0.1) is 23.7 Å². The third kappa shape index (κ3) is 4.37. The zero-order valence-corrected chi connectivity index (χ0v) is 18.7. The number of allylic oxidation sites excluding steroid dienone is 2. The first kappa shape index (κ1) is 20.1. The molecule has 0 N–H and O–H groups in total. The molecule has 28 heavy (non-hydrogen) atoms. The smallest absolute Gasteiger partial charge is 0.155 e. The summed E-state index contributed by atoms with van der Waals surface area (Å²) >= 11 is 0. The summed E-state index contributed by atoms with van der Waals surface area (Å²) in [5, 5.41) is 1.73. The van der Waals surface area contributed by atoms with Crippen LogP contribution in [-0.2, 0) is 4.79 Å². The highest BCUT2D eigenvalue weighted by atomic mass is 28.3. The van der Waals surface area contributed by atoms with Gasteiger partial charge in [0.1, 0.15) is 0 Å². The van der Waals surface area contributed by atoms with Gasteiger partial charge in [-0.15, -0.1) is 0 Å². The van der Waals surface area contributed by atoms with Crippen molar-refractivity contribution in [3.63, 3.8) is 0 Å². The van der Waals surface area contributed by atoms with Gasteiger partial charge in [0.2, 0.25) is 0 Å². The van der Waals surface area contributed by atoms with Crippen LogP contribution in [0.3, 0.4) is 0 Å². The molecule has 2 heteroatoms. The van der Waals surface area contributed by atoms with Crippen LogP contribution in [0.5, 0.6) is 0 Å². The standard InChI is InChI=1S/C26H38OSi/c1-2-18-28(26-6-4-3-5-7-26)19-16-24(17-20-28)22-10-8-21(9-11-22)23-12-14-25(27)15-13-23/h3-7,12,14,21-24H,2,8-11,13,15-20H2,1H3. The Morgan fingerprint density at radius 3 is 2.11 bits per heavy atom. The maximum Gasteiger partial charge on any atom is 0.155 e. The molecule has 152 valence electrons. The van der Waals surface area contributed by atoms with Gasteiger partial charge >= 0.3 is 0 Å². The number of rotatable bonds is 5. The molecule has 1 atom stereocenters. The van der Waals surface area contributed by atoms with Gasteiger partial charge in [-0.25, -0.2) is 0 Å². The number of benzene rings is 1. The monoisotopic (exact) mass is 394 g/mol. The summed E-state index contributed by atoms with van der Waals surface area (Å²) in [7, 11) is -1.25. The van der Waals surface area contributed by atoms with Crippen LogP contribution in [0.4, 0.5) is 0 Å². The van der Waals surface area contributed by atoms with Crippen LogP contribution in [0.2, 0.25) is 18.1 Å². The van der Waals surface area contributed by atoms with Crippen molar-refractivity contribution in [3.8, 4) is 0 Å². The van der Waals surface area contributed by atoms with Crippen molar-refractivity contribution in [1.29, 1.82) is 0 Å². The Bertz CT molecular complexity index is 663. The molecule has 0 aromatic heterocycles. The first-order valence-corrected chi connectivity index (χ1v) is 14.6. The molecule has 1 nitrogen and oxygen atoms in total. The molecule has 0 amide bonds. The average molecular weight is 395 g/mol. The van der Waals surface area contributed by atoms with Gasteiger partial charge in [-0.2, -0.15) is 0 Å². The minimum Gasteiger partial charge on any atom is -0.295 e. The van der Waals surface area contributed by atoms with Gasteiger partial charge in [0.05, 0.1) is 8.07 Å². The van der Waals surface area contributed by atoms with Crippen molar-refractivity contribution < 1.29 is 4.79 Å². The fraction of sp³-hybridized carbons (Fsp3) is 0.654. The van der Waals surface area contributed by atoms with Crippen molar-refractivity contribution in [3.05, 3.63) is 42.5 Å². The first-order chi connectivity index (χ1) is 13.7. The minimum atomic E-state index is -1.25. The van der Waals surface area contributed by atoms with Crippen molar-refractivity contribution in [2.75, 3.05) is 0 Å². The summed E-state index contributed by atoms with van der Waals surface area (Å²) in [4.78, 5) is 11.5. The van der Waals surface area contributed by atoms with Crippen molar-refractivity contribution >= 4 is 19.0 Å². The van der Waals surface area contributed by atoms with E-state index >= 15 is 0 Å². The molecule has 1 aromatic rings. The fourth-order valence-corrected chi connectivity index (χ4v) is 12.1. The van der Waals surface area contributed by atoms with Crippen molar-refractivity contribution in [1.82, 2.24) is 0 Å². The molecular weight excluding hydrogens is 356 g/mol. The van der Waals surface area contributed by atoms with Crippen molar-refractivity contribution in [2.45, 2.75) is 82.8 Å². The molecule has 1 aromatic carbocycles. The number of ketones is 1. The van der Waals surface area contributed by atoms with E-state index in [1.165, 1.54) is 63.1 Å². The summed E-state index contributed by atoms with van der Waals surface area (Å²) in [6.45, 7) is 2.39. The molecule has 1 unspecified atom stereocenters. The molecule has 0 radical (unpaired) electrons. The molecule has 1 heterocycles. The number of hydrogen-bond donors (Lipinski definition) is 0. The largest absolute Gasteiger partial charge is 0.295 e. The summed E-state index contributed by atoms with van der Waals surface area (Å²) < 4.78 is 0. The predicted octanol–water partition coefficient (Wildman–Crippen LogP) is 6.50. The molecule has 1 saturated heterocycles. The molecule has 0 spiro atoms. The number of carbonyl (C=O) groups excluding carboxylic acids is 1. The highest BCUT2D eigenvalue weighted by Crippen LogP contribution is 2.45. The van der Waals surface area contributed by atoms with Gasteiger partial charge in [0.25, 0.3) is 0 Å². The number of carbonyl (C=O) groups is 1. The molecule has 2 fully saturated rings. The van der Waals surface area contributed by atoms with Crippen LogP contribution < -0.4 is 5.19 Å². The molecule has 1 aliphatic heterocycles. The van der Waals surface area contributed by atoms with Gasteiger partial charge in [0.15, 0.2) is 5.78 Å². The van der Waals surface area contributed by atoms with Crippen LogP contribution in [-0.4, -0.2) is 13.9 Å². The lowest BCUT2D eigenvalue weighted by Gasteiger charge is -2.43. The van der Waals surface area contributed by atoms with Crippen molar-refractivity contribution in [2.24, 2.45) is 23.7 Å². The molecule has 4 rings (SSSR count). The Labute approximate surface area is 173 Å². The summed E-state index contributed by atoms with van der Waals surface area (Å²) in [5.41, 5.74) is 0. The molecule has 1 saturated carbocycles. The lowest BCUT2D eigenvalue weighted by Crippen LogP contribution is -2.50. The Kier molecular flexibility index (Phi) is 6.55. The maximum absolute atomic E-state index is 11.5. The second-order valence-corrected chi connectivity index (χ2v) is 14.6. The third-order valence-electron chi connectivity index (χ3n) is 8.44. The van der Waals surface area contributed by atoms with Gasteiger partial charge in [-0.05, 0) is 61.9 Å². The maximum atomic E-state index is 11.5. The van der Waals surface area contributed by atoms with Gasteiger partial charge in [-0.3, -0.25) is 4.79 Å². The summed E-state index contributed by atoms with van der Waals surface area (Å²) in [6.07, 6.45) is 16.0. The van der Waals surface area contributed by atoms with Gasteiger partial charge in [0, 0.05) is 6.42 Å². The van der Waals surface area contributed by atoms with E-state index in [2.05, 4.69) is 43.3 Å². The second-order valence-electron chi connectivity index (χ2n) is 9.94. The van der Waals surface area contributed by atoms with E-state index < -0.39 is 8.07 Å². The zero-order valence-electron chi connectivity index (χ0n) is 17.7. The van der Waals surface area contributed by atoms with Gasteiger partial charge < -0.3 is 0 Å². The lowest BCUT2D eigenvalue weighted by atomic mass is 9.69. The minimum absolute atomic E-state index is 0.338. The van der Waals surface area contributed by atoms with Crippen LogP contribution in [0.25, 0.3) is 0 Å². The fourth-order valence-electron chi connectivity index (χ4n) is 6.77. The molecule has 2 aliphatic carbocycles. The highest BCUT2D eigenvalue weighted by molar-refractivity contribution is 6.92. The molecular formula is C26H38OSi. The Hall–Kier alpha value is -1.15. The SMILES string of the molecule is CCC[Si]1(c2ccccc2)CCC(C2CCC(C3C=CC(=O)CC3)CC2)CC1. The van der Waals surface area contributed by atoms with E-state index in [4.69, 9.17) is 0 Å². The Morgan fingerprint density at radius 1 is 0.857 bits per heavy atom. The van der Waals surface area contributed by atoms with E-state index in [9.17, 15) is 4.79 Å². The van der Waals surface area contributed by atoms with Crippen LogP contribution in [0.15, 0.2) is 42.5 Å². The van der Waals surface area contributed by atoms with Gasteiger partial charge in [-0.1, -0.05) is 85.9 Å². The second kappa shape index (κ2) is 9.11. The zero-order chi connectivity index (χ0) is 19.4. The van der Waals surface area contributed by atoms with E-state index in [-0.39, 0.29) is 0 Å². The van der Waals surface area contributed by atoms with E-state index in [0.29, 0.717) is 11.7 Å². The molecule has 0 bridgehead atoms. The summed E-state index contributed by atoms with van der Waals surface area (Å²) in [6, 6.07) is 16.1. The lowest BCUT2D eigenvalue weighted by molar-refractivity contribution is -0.115.